The van der Waals surface area contributed by atoms with Gasteiger partial charge in [-0.1, -0.05) is 25.2 Å². The molecule has 2 atom stereocenters. The number of nitrogens with zero attached hydrogens (tertiary/aromatic N) is 4. The third-order valence-corrected chi connectivity index (χ3v) is 8.05. The van der Waals surface area contributed by atoms with E-state index in [1.807, 2.05) is 0 Å². The van der Waals surface area contributed by atoms with E-state index < -0.39 is 15.9 Å². The molecule has 1 aromatic heterocycles. The van der Waals surface area contributed by atoms with Gasteiger partial charge in [-0.2, -0.15) is 0 Å². The normalized spacial score (nSPS) is 23.3. The lowest BCUT2D eigenvalue weighted by atomic mass is 10.0. The third-order valence-electron chi connectivity index (χ3n) is 5.37. The highest BCUT2D eigenvalue weighted by Gasteiger charge is 2.36. The van der Waals surface area contributed by atoms with Crippen molar-refractivity contribution >= 4 is 38.2 Å². The van der Waals surface area contributed by atoms with Gasteiger partial charge in [0.05, 0.1) is 11.5 Å². The molecule has 2 aliphatic heterocycles. The molecular formula is C17H27N5O4S2. The number of piperidine rings is 1. The second-order valence-corrected chi connectivity index (χ2v) is 10.7. The van der Waals surface area contributed by atoms with E-state index in [9.17, 15) is 18.0 Å². The summed E-state index contributed by atoms with van der Waals surface area (Å²) in [6.07, 6.45) is 3.23. The molecule has 2 unspecified atom stereocenters. The summed E-state index contributed by atoms with van der Waals surface area (Å²) in [6.45, 7) is 4.99. The van der Waals surface area contributed by atoms with E-state index in [1.165, 1.54) is 11.3 Å². The first-order valence-electron chi connectivity index (χ1n) is 9.71. The van der Waals surface area contributed by atoms with Crippen LogP contribution in [-0.4, -0.2) is 77.5 Å². The van der Waals surface area contributed by atoms with Gasteiger partial charge in [-0.3, -0.25) is 10.1 Å². The highest BCUT2D eigenvalue weighted by Crippen LogP contribution is 2.26. The number of urea groups is 1. The molecule has 2 saturated heterocycles. The molecule has 28 heavy (non-hydrogen) atoms. The molecule has 2 fully saturated rings. The summed E-state index contributed by atoms with van der Waals surface area (Å²) in [6, 6.07) is -0.831. The van der Waals surface area contributed by atoms with Crippen molar-refractivity contribution in [2.24, 2.45) is 0 Å². The Labute approximate surface area is 169 Å². The second-order valence-electron chi connectivity index (χ2n) is 7.37. The molecule has 3 rings (SSSR count). The van der Waals surface area contributed by atoms with E-state index in [0.717, 1.165) is 24.3 Å². The maximum absolute atomic E-state index is 12.9. The minimum Gasteiger partial charge on any atom is -0.323 e. The fourth-order valence-corrected chi connectivity index (χ4v) is 5.45. The van der Waals surface area contributed by atoms with Crippen molar-refractivity contribution in [3.05, 3.63) is 5.01 Å². The van der Waals surface area contributed by atoms with Crippen molar-refractivity contribution in [2.45, 2.75) is 51.5 Å². The van der Waals surface area contributed by atoms with Crippen molar-refractivity contribution in [1.29, 1.82) is 0 Å². The van der Waals surface area contributed by atoms with Gasteiger partial charge in [0.25, 0.3) is 0 Å². The Morgan fingerprint density at radius 3 is 2.61 bits per heavy atom. The smallest absolute Gasteiger partial charge is 0.320 e. The van der Waals surface area contributed by atoms with Crippen LogP contribution in [0.2, 0.25) is 0 Å². The first kappa shape index (κ1) is 21.0. The molecule has 156 valence electrons. The number of sulfone groups is 1. The molecule has 1 aromatic rings. The summed E-state index contributed by atoms with van der Waals surface area (Å²) in [4.78, 5) is 28.9. The minimum atomic E-state index is -3.06. The van der Waals surface area contributed by atoms with Crippen LogP contribution in [0, 0.1) is 0 Å². The molecule has 1 N–H and O–H groups in total. The van der Waals surface area contributed by atoms with Gasteiger partial charge < -0.3 is 9.80 Å². The molecule has 9 nitrogen and oxygen atoms in total. The third kappa shape index (κ3) is 4.80. The molecule has 3 heterocycles. The zero-order valence-electron chi connectivity index (χ0n) is 16.3. The Kier molecular flexibility index (Phi) is 6.54. The molecule has 11 heteroatoms. The molecule has 0 aliphatic carbocycles. The van der Waals surface area contributed by atoms with E-state index in [4.69, 9.17) is 0 Å². The van der Waals surface area contributed by atoms with E-state index in [-0.39, 0.29) is 42.5 Å². The molecule has 0 spiro atoms. The maximum Gasteiger partial charge on any atom is 0.320 e. The number of rotatable bonds is 4. The van der Waals surface area contributed by atoms with Gasteiger partial charge in [0, 0.05) is 25.6 Å². The summed E-state index contributed by atoms with van der Waals surface area (Å²) in [5.41, 5.74) is 0. The zero-order chi connectivity index (χ0) is 20.3. The number of amides is 3. The van der Waals surface area contributed by atoms with Gasteiger partial charge >= 0.3 is 6.03 Å². The Hall–Kier alpha value is -1.75. The lowest BCUT2D eigenvalue weighted by molar-refractivity contribution is -0.121. The Morgan fingerprint density at radius 1 is 1.21 bits per heavy atom. The highest BCUT2D eigenvalue weighted by atomic mass is 32.2. The number of carbonyl (C=O) groups is 2. The fourth-order valence-electron chi connectivity index (χ4n) is 3.37. The van der Waals surface area contributed by atoms with Crippen molar-refractivity contribution in [3.8, 4) is 0 Å². The number of hydrogen-bond donors (Lipinski definition) is 1. The number of anilines is 1. The summed E-state index contributed by atoms with van der Waals surface area (Å²) in [7, 11) is -3.06. The van der Waals surface area contributed by atoms with Crippen molar-refractivity contribution in [3.63, 3.8) is 0 Å². The molecule has 0 aromatic carbocycles. The molecular weight excluding hydrogens is 402 g/mol. The average Bonchev–Trinajstić information content (AvgIpc) is 3.15. The van der Waals surface area contributed by atoms with Crippen molar-refractivity contribution in [1.82, 2.24) is 20.0 Å². The van der Waals surface area contributed by atoms with Crippen LogP contribution in [0.1, 0.15) is 50.5 Å². The van der Waals surface area contributed by atoms with Crippen molar-refractivity contribution in [2.75, 3.05) is 36.5 Å². The Morgan fingerprint density at radius 2 is 1.93 bits per heavy atom. The van der Waals surface area contributed by atoms with E-state index in [2.05, 4.69) is 29.4 Å². The molecule has 0 saturated carbocycles. The monoisotopic (exact) mass is 429 g/mol. The Balaban J connectivity index is 1.66. The van der Waals surface area contributed by atoms with Gasteiger partial charge in [0.15, 0.2) is 9.84 Å². The SMILES string of the molecule is CCC(C)c1nnc(NC(=O)C2CCCCN2C(=O)N2CCS(=O)(=O)CC2)s1. The molecule has 0 radical (unpaired) electrons. The van der Waals surface area contributed by atoms with Crippen LogP contribution < -0.4 is 5.32 Å². The average molecular weight is 430 g/mol. The van der Waals surface area contributed by atoms with Gasteiger partial charge in [0.1, 0.15) is 11.0 Å². The molecule has 2 aliphatic rings. The minimum absolute atomic E-state index is 0.0212. The zero-order valence-corrected chi connectivity index (χ0v) is 17.9. The van der Waals surface area contributed by atoms with Crippen molar-refractivity contribution < 1.29 is 18.0 Å². The van der Waals surface area contributed by atoms with Crippen LogP contribution in [0.3, 0.4) is 0 Å². The predicted octanol–water partition coefficient (Wildman–Crippen LogP) is 1.69. The highest BCUT2D eigenvalue weighted by molar-refractivity contribution is 7.91. The number of likely N-dealkylation sites (tertiary alicyclic amines) is 1. The molecule has 0 bridgehead atoms. The summed E-state index contributed by atoms with van der Waals surface area (Å²) in [5.74, 6) is -0.0185. The fraction of sp³-hybridized carbons (Fsp3) is 0.765. The van der Waals surface area contributed by atoms with E-state index in [0.29, 0.717) is 18.1 Å². The first-order valence-corrected chi connectivity index (χ1v) is 12.3. The molecule has 3 amide bonds. The van der Waals surface area contributed by atoms with E-state index >= 15 is 0 Å². The lowest BCUT2D eigenvalue weighted by Gasteiger charge is -2.39. The van der Waals surface area contributed by atoms with Crippen LogP contribution in [0.15, 0.2) is 0 Å². The van der Waals surface area contributed by atoms with Crippen LogP contribution in [0.25, 0.3) is 0 Å². The van der Waals surface area contributed by atoms with Gasteiger partial charge in [-0.05, 0) is 25.7 Å². The van der Waals surface area contributed by atoms with Gasteiger partial charge in [-0.15, -0.1) is 10.2 Å². The number of aromatic nitrogens is 2. The topological polar surface area (TPSA) is 113 Å². The maximum atomic E-state index is 12.9. The quantitative estimate of drug-likeness (QED) is 0.779. The van der Waals surface area contributed by atoms with Crippen LogP contribution in [-0.2, 0) is 14.6 Å². The summed E-state index contributed by atoms with van der Waals surface area (Å²) < 4.78 is 23.2. The number of carbonyl (C=O) groups excluding carboxylic acids is 2. The largest absolute Gasteiger partial charge is 0.323 e. The Bertz CT molecular complexity index is 811. The first-order chi connectivity index (χ1) is 13.3. The van der Waals surface area contributed by atoms with Crippen LogP contribution >= 0.6 is 11.3 Å². The lowest BCUT2D eigenvalue weighted by Crippen LogP contribution is -2.56. The van der Waals surface area contributed by atoms with Crippen LogP contribution in [0.5, 0.6) is 0 Å². The van der Waals surface area contributed by atoms with Gasteiger partial charge in [0.2, 0.25) is 11.0 Å². The summed E-state index contributed by atoms with van der Waals surface area (Å²) >= 11 is 1.36. The number of nitrogens with one attached hydrogen (secondary N) is 1. The van der Waals surface area contributed by atoms with Gasteiger partial charge in [-0.25, -0.2) is 13.2 Å². The second kappa shape index (κ2) is 8.73. The van der Waals surface area contributed by atoms with Crippen LogP contribution in [0.4, 0.5) is 9.93 Å². The summed E-state index contributed by atoms with van der Waals surface area (Å²) in [5, 5.41) is 12.3. The predicted molar refractivity (Wildman–Crippen MR) is 107 cm³/mol. The van der Waals surface area contributed by atoms with E-state index in [1.54, 1.807) is 9.80 Å². The number of hydrogen-bond acceptors (Lipinski definition) is 7. The standard InChI is InChI=1S/C17H27N5O4S2/c1-3-12(2)15-19-20-16(27-15)18-14(23)13-6-4-5-7-22(13)17(24)21-8-10-28(25,26)11-9-21/h12-13H,3-11H2,1-2H3,(H,18,20,23).